The van der Waals surface area contributed by atoms with Gasteiger partial charge in [-0.3, -0.25) is 27.9 Å². The van der Waals surface area contributed by atoms with Crippen molar-refractivity contribution in [2.24, 2.45) is 5.92 Å². The predicted octanol–water partition coefficient (Wildman–Crippen LogP) is 4.26. The van der Waals surface area contributed by atoms with E-state index in [1.54, 1.807) is 6.07 Å². The van der Waals surface area contributed by atoms with E-state index in [0.717, 1.165) is 0 Å². The number of imidazole rings is 1. The molecule has 2 aliphatic carbocycles. The average Bonchev–Trinajstić information content (AvgIpc) is 3.28. The van der Waals surface area contributed by atoms with Crippen molar-refractivity contribution >= 4 is 69.3 Å². The quantitative estimate of drug-likeness (QED) is 0.139. The van der Waals surface area contributed by atoms with Crippen LogP contribution in [0.5, 0.6) is 0 Å². The first-order valence-corrected chi connectivity index (χ1v) is 23.7. The Kier molecular flexibility index (Phi) is 8.75. The van der Waals surface area contributed by atoms with Gasteiger partial charge >= 0.3 is 13.6 Å². The predicted molar refractivity (Wildman–Crippen MR) is 184 cm³/mol. The van der Waals surface area contributed by atoms with Crippen molar-refractivity contribution in [3.05, 3.63) is 35.3 Å². The summed E-state index contributed by atoms with van der Waals surface area (Å²) in [4.78, 5) is 31.4. The van der Waals surface area contributed by atoms with Gasteiger partial charge in [-0.1, -0.05) is 45.3 Å². The van der Waals surface area contributed by atoms with Crippen LogP contribution in [0.3, 0.4) is 0 Å². The number of fused-ring (bicyclic) bond motifs is 3. The van der Waals surface area contributed by atoms with Crippen molar-refractivity contribution in [3.63, 3.8) is 0 Å². The van der Waals surface area contributed by atoms with E-state index in [-0.39, 0.29) is 35.2 Å². The molecular formula is C26H37FN8O9P2S2Si. The molecule has 2 saturated heterocycles. The SMILES string of the molecule is CC(C)(C)[Si](C)(C)OC12[C@@H]3O[C@@H](n4cnc5c(=O)[nH]c(N)nc54)[C@@H]1OP(=O)(S)OCC1C[C@@H](Nc4ccncn4)[C@@H](F)[C@@H]1OP(=O)(S)O[C@@H]32. The van der Waals surface area contributed by atoms with E-state index in [2.05, 4.69) is 54.7 Å². The molecule has 4 N–H and O–H groups in total. The third kappa shape index (κ3) is 6.32. The number of nitrogen functional groups attached to an aromatic ring is 1. The van der Waals surface area contributed by atoms with Crippen molar-refractivity contribution in [1.29, 1.82) is 0 Å². The number of hydrogen-bond acceptors (Lipinski definition) is 15. The molecule has 3 aromatic rings. The van der Waals surface area contributed by atoms with Gasteiger partial charge in [0.2, 0.25) is 5.95 Å². The molecule has 4 fully saturated rings. The molecule has 0 bridgehead atoms. The number of aromatic nitrogens is 6. The number of hydrogen-bond donors (Lipinski definition) is 5. The van der Waals surface area contributed by atoms with Gasteiger partial charge in [-0.05, 0) is 30.6 Å². The molecule has 23 heteroatoms. The highest BCUT2D eigenvalue weighted by Gasteiger charge is 2.83. The smallest absolute Gasteiger partial charge is 0.386 e. The molecule has 7 rings (SSSR count). The minimum atomic E-state index is -4.35. The highest BCUT2D eigenvalue weighted by atomic mass is 32.7. The minimum Gasteiger partial charge on any atom is -0.403 e. The molecule has 11 atom stereocenters. The maximum atomic E-state index is 16.0. The van der Waals surface area contributed by atoms with Gasteiger partial charge in [0, 0.05) is 12.1 Å². The molecule has 4 unspecified atom stereocenters. The Balaban J connectivity index is 1.28. The number of rotatable bonds is 5. The van der Waals surface area contributed by atoms with Crippen LogP contribution in [0.4, 0.5) is 16.2 Å². The number of thiol groups is 2. The lowest BCUT2D eigenvalue weighted by Crippen LogP contribution is -2.51. The highest BCUT2D eigenvalue weighted by Crippen LogP contribution is 2.71. The molecule has 17 nitrogen and oxygen atoms in total. The molecule has 3 aromatic heterocycles. The standard InChI is InChI=1S/C26H37FN8O9P2S2Si/c1-25(2,3)49(4,5)44-26-18-19(26)42-46(38,48)41-17-12(8-13(15(17)27)32-14-6-7-29-10-30-14)9-39-45(37,47)43-20(26)23(40-18)35-11-31-16-21(35)33-24(28)34-22(16)36/h6-7,10-13,15,17-20,23H,8-9H2,1-5H3,(H,37,47)(H,38,48)(H,29,30,32)(H3,28,33,34,36)/t12?,13-,15-,17-,18-,19+,20+,23-,26?,45?,46?/m1/s1. The van der Waals surface area contributed by atoms with Crippen LogP contribution >= 0.6 is 38.1 Å². The monoisotopic (exact) mass is 778 g/mol. The Bertz CT molecular complexity index is 1920. The number of ether oxygens (including phenoxy) is 1. The number of alkyl halides is 1. The molecular weight excluding hydrogens is 741 g/mol. The largest absolute Gasteiger partial charge is 0.403 e. The number of nitrogens with zero attached hydrogens (tertiary/aromatic N) is 5. The average molecular weight is 779 g/mol. The van der Waals surface area contributed by atoms with E-state index < -0.39 is 81.8 Å². The lowest BCUT2D eigenvalue weighted by atomic mass is 10.1. The van der Waals surface area contributed by atoms with Crippen LogP contribution < -0.4 is 16.6 Å². The zero-order valence-corrected chi connectivity index (χ0v) is 31.6. The zero-order valence-electron chi connectivity index (χ0n) is 27.0. The van der Waals surface area contributed by atoms with Gasteiger partial charge in [-0.2, -0.15) is 4.98 Å². The molecule has 0 spiro atoms. The zero-order chi connectivity index (χ0) is 35.3. The maximum absolute atomic E-state index is 16.0. The molecule has 49 heavy (non-hydrogen) atoms. The number of nitrogens with two attached hydrogens (primary N) is 1. The summed E-state index contributed by atoms with van der Waals surface area (Å²) in [6.07, 6.45) is -3.44. The number of anilines is 2. The molecule has 2 saturated carbocycles. The molecule has 4 aliphatic rings. The summed E-state index contributed by atoms with van der Waals surface area (Å²) in [6.45, 7) is 0.981. The van der Waals surface area contributed by atoms with Crippen molar-refractivity contribution in [2.45, 2.75) is 93.8 Å². The number of aromatic amines is 1. The molecule has 5 heterocycles. The fourth-order valence-corrected chi connectivity index (χ4v) is 11.3. The van der Waals surface area contributed by atoms with E-state index in [1.165, 1.54) is 23.4 Å². The highest BCUT2D eigenvalue weighted by molar-refractivity contribution is 8.44. The van der Waals surface area contributed by atoms with E-state index in [9.17, 15) is 13.9 Å². The van der Waals surface area contributed by atoms with Gasteiger partial charge < -0.3 is 24.7 Å². The first-order valence-electron chi connectivity index (χ1n) is 15.4. The molecule has 0 amide bonds. The summed E-state index contributed by atoms with van der Waals surface area (Å²) in [5, 5.41) is 2.65. The third-order valence-electron chi connectivity index (χ3n) is 9.84. The van der Waals surface area contributed by atoms with Crippen LogP contribution in [-0.2, 0) is 36.4 Å². The van der Waals surface area contributed by atoms with Gasteiger partial charge in [-0.25, -0.2) is 28.5 Å². The summed E-state index contributed by atoms with van der Waals surface area (Å²) in [5.74, 6) is -0.586. The molecule has 0 radical (unpaired) electrons. The fraction of sp³-hybridized carbons (Fsp3) is 0.654. The number of H-pyrrole nitrogens is 1. The lowest BCUT2D eigenvalue weighted by molar-refractivity contribution is -0.0831. The molecule has 0 aromatic carbocycles. The third-order valence-corrected chi connectivity index (χ3v) is 17.5. The number of nitrogens with one attached hydrogen (secondary N) is 2. The van der Waals surface area contributed by atoms with Crippen LogP contribution in [0, 0.1) is 5.92 Å². The van der Waals surface area contributed by atoms with Crippen LogP contribution in [-0.4, -0.2) is 86.6 Å². The van der Waals surface area contributed by atoms with Crippen LogP contribution in [0.25, 0.3) is 11.2 Å². The van der Waals surface area contributed by atoms with Gasteiger partial charge in [0.05, 0.1) is 19.0 Å². The maximum Gasteiger partial charge on any atom is 0.386 e. The first kappa shape index (κ1) is 35.5. The van der Waals surface area contributed by atoms with Crippen LogP contribution in [0.1, 0.15) is 33.4 Å². The van der Waals surface area contributed by atoms with Crippen molar-refractivity contribution in [2.75, 3.05) is 17.7 Å². The summed E-state index contributed by atoms with van der Waals surface area (Å²) in [5.41, 5.74) is 3.74. The van der Waals surface area contributed by atoms with Gasteiger partial charge in [0.15, 0.2) is 25.7 Å². The normalized spacial score (nSPS) is 39.5. The first-order chi connectivity index (χ1) is 22.8. The van der Waals surface area contributed by atoms with Crippen molar-refractivity contribution in [3.8, 4) is 0 Å². The summed E-state index contributed by atoms with van der Waals surface area (Å²) in [7, 11) is -2.76. The summed E-state index contributed by atoms with van der Waals surface area (Å²) in [6, 6.07) is 0.720. The molecule has 268 valence electrons. The second-order valence-corrected chi connectivity index (χ2v) is 24.5. The number of halogens is 1. The fourth-order valence-electron chi connectivity index (χ4n) is 6.43. The van der Waals surface area contributed by atoms with Crippen molar-refractivity contribution in [1.82, 2.24) is 29.5 Å². The van der Waals surface area contributed by atoms with Gasteiger partial charge in [0.1, 0.15) is 48.3 Å². The van der Waals surface area contributed by atoms with E-state index in [1.807, 2.05) is 33.9 Å². The Morgan fingerprint density at radius 2 is 1.90 bits per heavy atom. The van der Waals surface area contributed by atoms with Crippen LogP contribution in [0.15, 0.2) is 29.7 Å². The summed E-state index contributed by atoms with van der Waals surface area (Å²) >= 11 is 8.61. The summed E-state index contributed by atoms with van der Waals surface area (Å²) < 4.78 is 82.9. The Morgan fingerprint density at radius 3 is 2.59 bits per heavy atom. The van der Waals surface area contributed by atoms with E-state index in [4.69, 9.17) is 33.0 Å². The second kappa shape index (κ2) is 12.1. The van der Waals surface area contributed by atoms with Gasteiger partial charge in [0.25, 0.3) is 5.56 Å². The lowest BCUT2D eigenvalue weighted by Gasteiger charge is -2.42. The topological polar surface area (TPSA) is 217 Å². The Morgan fingerprint density at radius 1 is 1.16 bits per heavy atom. The Labute approximate surface area is 291 Å². The molecule has 2 aliphatic heterocycles. The Hall–Kier alpha value is -1.90. The van der Waals surface area contributed by atoms with Crippen molar-refractivity contribution < 1.29 is 40.8 Å². The minimum absolute atomic E-state index is 0.0320. The van der Waals surface area contributed by atoms with E-state index >= 15 is 4.39 Å². The second-order valence-electron chi connectivity index (χ2n) is 14.1. The van der Waals surface area contributed by atoms with Gasteiger partial charge in [-0.15, -0.1) is 0 Å². The van der Waals surface area contributed by atoms with Crippen LogP contribution in [0.2, 0.25) is 18.1 Å². The van der Waals surface area contributed by atoms with E-state index in [0.29, 0.717) is 5.82 Å².